The van der Waals surface area contributed by atoms with E-state index in [0.717, 1.165) is 31.9 Å². The van der Waals surface area contributed by atoms with Gasteiger partial charge in [0.15, 0.2) is 0 Å². The van der Waals surface area contributed by atoms with Crippen LogP contribution in [0, 0.1) is 11.2 Å². The summed E-state index contributed by atoms with van der Waals surface area (Å²) >= 11 is 0. The van der Waals surface area contributed by atoms with Gasteiger partial charge in [0.1, 0.15) is 11.9 Å². The van der Waals surface area contributed by atoms with Crippen LogP contribution in [0.4, 0.5) is 10.1 Å². The molecule has 0 aliphatic carbocycles. The fourth-order valence-electron chi connectivity index (χ4n) is 3.60. The molecule has 25 heavy (non-hydrogen) atoms. The maximum atomic E-state index is 14.4. The molecule has 3 aliphatic rings. The smallest absolute Gasteiger partial charge is 0.254 e. The van der Waals surface area contributed by atoms with Crippen LogP contribution >= 0.6 is 0 Å². The van der Waals surface area contributed by atoms with Gasteiger partial charge in [-0.1, -0.05) is 0 Å². The highest BCUT2D eigenvalue weighted by Crippen LogP contribution is 2.37. The van der Waals surface area contributed by atoms with Crippen LogP contribution in [-0.2, 0) is 9.59 Å². The van der Waals surface area contributed by atoms with Crippen molar-refractivity contribution in [2.24, 2.45) is 5.41 Å². The molecule has 3 fully saturated rings. The molecule has 0 aromatic heterocycles. The first-order chi connectivity index (χ1) is 12.0. The summed E-state index contributed by atoms with van der Waals surface area (Å²) in [7, 11) is 0. The van der Waals surface area contributed by atoms with Gasteiger partial charge in [-0.2, -0.15) is 0 Å². The van der Waals surface area contributed by atoms with E-state index in [9.17, 15) is 18.8 Å². The lowest BCUT2D eigenvalue weighted by atomic mass is 9.74. The van der Waals surface area contributed by atoms with E-state index in [1.54, 1.807) is 6.07 Å². The molecule has 1 aromatic carbocycles. The monoisotopic (exact) mass is 346 g/mol. The maximum Gasteiger partial charge on any atom is 0.254 e. The number of anilines is 1. The molecule has 0 bridgehead atoms. The molecule has 0 saturated carbocycles. The summed E-state index contributed by atoms with van der Waals surface area (Å²) in [6, 6.07) is 3.71. The van der Waals surface area contributed by atoms with E-state index in [-0.39, 0.29) is 24.3 Å². The number of hydrogen-bond acceptors (Lipinski definition) is 5. The fraction of sp³-hybridized carbons (Fsp3) is 0.471. The predicted octanol–water partition coefficient (Wildman–Crippen LogP) is -0.230. The van der Waals surface area contributed by atoms with E-state index in [2.05, 4.69) is 20.9 Å². The third kappa shape index (κ3) is 2.86. The van der Waals surface area contributed by atoms with Gasteiger partial charge in [-0.05, 0) is 24.6 Å². The zero-order valence-corrected chi connectivity index (χ0v) is 13.6. The highest BCUT2D eigenvalue weighted by Gasteiger charge is 2.47. The third-order valence-electron chi connectivity index (χ3n) is 5.16. The largest absolute Gasteiger partial charge is 0.370 e. The Morgan fingerprint density at radius 3 is 2.64 bits per heavy atom. The van der Waals surface area contributed by atoms with Crippen LogP contribution in [0.2, 0.25) is 0 Å². The maximum absolute atomic E-state index is 14.4. The van der Waals surface area contributed by atoms with Crippen molar-refractivity contribution < 1.29 is 18.8 Å². The van der Waals surface area contributed by atoms with Crippen LogP contribution in [0.25, 0.3) is 0 Å². The summed E-state index contributed by atoms with van der Waals surface area (Å²) in [6.07, 6.45) is 0.379. The number of piperidine rings is 1. The number of carbonyl (C=O) groups excluding carboxylic acids is 3. The molecular weight excluding hydrogens is 327 g/mol. The second-order valence-electron chi connectivity index (χ2n) is 7.10. The Balaban J connectivity index is 1.41. The minimum atomic E-state index is -0.814. The van der Waals surface area contributed by atoms with Crippen molar-refractivity contribution >= 4 is 23.4 Å². The van der Waals surface area contributed by atoms with E-state index in [1.807, 2.05) is 0 Å². The van der Waals surface area contributed by atoms with Crippen molar-refractivity contribution in [3.63, 3.8) is 0 Å². The average Bonchev–Trinajstić information content (AvgIpc) is 2.47. The summed E-state index contributed by atoms with van der Waals surface area (Å²) in [5.41, 5.74) is 0.986. The molecule has 3 amide bonds. The van der Waals surface area contributed by atoms with E-state index in [0.29, 0.717) is 5.41 Å². The molecular formula is C17H19FN4O3. The predicted molar refractivity (Wildman–Crippen MR) is 87.6 cm³/mol. The van der Waals surface area contributed by atoms with Crippen LogP contribution in [0.3, 0.4) is 0 Å². The SMILES string of the molecule is O=C1CCC(NC(=O)c2ccc(N3CC4(CNC4)C3)cc2F)C(=O)N1. The minimum Gasteiger partial charge on any atom is -0.370 e. The Kier molecular flexibility index (Phi) is 3.72. The number of nitrogens with one attached hydrogen (secondary N) is 3. The normalized spacial score (nSPS) is 24.4. The second kappa shape index (κ2) is 5.80. The number of benzene rings is 1. The first kappa shape index (κ1) is 16.0. The van der Waals surface area contributed by atoms with Crippen molar-refractivity contribution in [1.29, 1.82) is 0 Å². The van der Waals surface area contributed by atoms with E-state index < -0.39 is 23.7 Å². The molecule has 8 heteroatoms. The van der Waals surface area contributed by atoms with Gasteiger partial charge in [0.2, 0.25) is 11.8 Å². The molecule has 3 aliphatic heterocycles. The minimum absolute atomic E-state index is 0.103. The van der Waals surface area contributed by atoms with Crippen LogP contribution in [0.5, 0.6) is 0 Å². The van der Waals surface area contributed by atoms with Crippen LogP contribution in [0.15, 0.2) is 18.2 Å². The first-order valence-corrected chi connectivity index (χ1v) is 8.36. The number of carbonyl (C=O) groups is 3. The molecule has 1 spiro atoms. The molecule has 1 aromatic rings. The van der Waals surface area contributed by atoms with Gasteiger partial charge in [0.05, 0.1) is 5.56 Å². The molecule has 1 unspecified atom stereocenters. The van der Waals surface area contributed by atoms with Crippen molar-refractivity contribution in [1.82, 2.24) is 16.0 Å². The third-order valence-corrected chi connectivity index (χ3v) is 5.16. The lowest BCUT2D eigenvalue weighted by molar-refractivity contribution is -0.134. The Bertz CT molecular complexity index is 754. The second-order valence-corrected chi connectivity index (χ2v) is 7.10. The number of amides is 3. The number of rotatable bonds is 3. The highest BCUT2D eigenvalue weighted by atomic mass is 19.1. The van der Waals surface area contributed by atoms with Gasteiger partial charge in [-0.3, -0.25) is 19.7 Å². The summed E-state index contributed by atoms with van der Waals surface area (Å²) in [6.45, 7) is 3.78. The number of imide groups is 1. The van der Waals surface area contributed by atoms with Gasteiger partial charge in [-0.25, -0.2) is 4.39 Å². The van der Waals surface area contributed by atoms with E-state index >= 15 is 0 Å². The summed E-state index contributed by atoms with van der Waals surface area (Å²) in [4.78, 5) is 37.1. The summed E-state index contributed by atoms with van der Waals surface area (Å²) in [5, 5.41) is 7.90. The molecule has 1 atom stereocenters. The van der Waals surface area contributed by atoms with Crippen molar-refractivity contribution in [2.45, 2.75) is 18.9 Å². The van der Waals surface area contributed by atoms with Crippen molar-refractivity contribution in [3.05, 3.63) is 29.6 Å². The van der Waals surface area contributed by atoms with Gasteiger partial charge in [0, 0.05) is 43.7 Å². The van der Waals surface area contributed by atoms with E-state index in [4.69, 9.17) is 0 Å². The van der Waals surface area contributed by atoms with Crippen LogP contribution in [0.1, 0.15) is 23.2 Å². The van der Waals surface area contributed by atoms with Gasteiger partial charge < -0.3 is 15.5 Å². The van der Waals surface area contributed by atoms with Crippen LogP contribution in [-0.4, -0.2) is 49.9 Å². The van der Waals surface area contributed by atoms with Crippen molar-refractivity contribution in [2.75, 3.05) is 31.1 Å². The Morgan fingerprint density at radius 1 is 1.28 bits per heavy atom. The number of nitrogens with zero attached hydrogens (tertiary/aromatic N) is 1. The van der Waals surface area contributed by atoms with Crippen LogP contribution < -0.4 is 20.9 Å². The lowest BCUT2D eigenvalue weighted by Gasteiger charge is -2.57. The Hall–Kier alpha value is -2.48. The fourth-order valence-corrected chi connectivity index (χ4v) is 3.60. The zero-order valence-electron chi connectivity index (χ0n) is 13.6. The topological polar surface area (TPSA) is 90.5 Å². The van der Waals surface area contributed by atoms with Crippen molar-refractivity contribution in [3.8, 4) is 0 Å². The molecule has 4 rings (SSSR count). The molecule has 3 N–H and O–H groups in total. The molecule has 3 heterocycles. The first-order valence-electron chi connectivity index (χ1n) is 8.36. The molecule has 3 saturated heterocycles. The number of hydrogen-bond donors (Lipinski definition) is 3. The standard InChI is InChI=1S/C17H19FN4O3/c18-12-5-10(22-8-17(9-22)6-19-7-17)1-2-11(12)15(24)20-13-3-4-14(23)21-16(13)25/h1-2,5,13,19H,3-4,6-9H2,(H,20,24)(H,21,23,25). The molecule has 7 nitrogen and oxygen atoms in total. The Morgan fingerprint density at radius 2 is 2.04 bits per heavy atom. The lowest BCUT2D eigenvalue weighted by Crippen LogP contribution is -2.71. The summed E-state index contributed by atoms with van der Waals surface area (Å²) < 4.78 is 14.4. The highest BCUT2D eigenvalue weighted by molar-refractivity contribution is 6.03. The molecule has 0 radical (unpaired) electrons. The number of halogens is 1. The van der Waals surface area contributed by atoms with Gasteiger partial charge in [0.25, 0.3) is 5.91 Å². The molecule has 132 valence electrons. The quantitative estimate of drug-likeness (QED) is 0.658. The van der Waals surface area contributed by atoms with Gasteiger partial charge in [-0.15, -0.1) is 0 Å². The van der Waals surface area contributed by atoms with Gasteiger partial charge >= 0.3 is 0 Å². The average molecular weight is 346 g/mol. The summed E-state index contributed by atoms with van der Waals surface area (Å²) in [5.74, 6) is -2.18. The zero-order chi connectivity index (χ0) is 17.6. The Labute approximate surface area is 143 Å². The van der Waals surface area contributed by atoms with E-state index in [1.165, 1.54) is 12.1 Å².